The number of methoxy groups -OCH3 is 2. The molecule has 0 saturated heterocycles. The molecule has 4 N–H and O–H groups in total. The largest absolute Gasteiger partial charge is 0.487 e. The highest BCUT2D eigenvalue weighted by molar-refractivity contribution is 7.92. The lowest BCUT2D eigenvalue weighted by Gasteiger charge is -2.30. The smallest absolute Gasteiger partial charge is 0.411 e. The summed E-state index contributed by atoms with van der Waals surface area (Å²) in [5, 5.41) is 17.1. The summed E-state index contributed by atoms with van der Waals surface area (Å²) in [7, 11) is -1.08. The van der Waals surface area contributed by atoms with Gasteiger partial charge in [0.1, 0.15) is 12.4 Å². The van der Waals surface area contributed by atoms with Crippen molar-refractivity contribution in [2.24, 2.45) is 0 Å². The lowest BCUT2D eigenvalue weighted by Crippen LogP contribution is -2.33. The van der Waals surface area contributed by atoms with Crippen LogP contribution in [0.1, 0.15) is 39.8 Å². The zero-order chi connectivity index (χ0) is 38.5. The fraction of sp³-hybridized carbons (Fsp3) is 0.220. The Bertz CT molecular complexity index is 2020. The summed E-state index contributed by atoms with van der Waals surface area (Å²) in [6.45, 7) is 1.36. The van der Waals surface area contributed by atoms with Crippen LogP contribution in [0, 0.1) is 0 Å². The van der Waals surface area contributed by atoms with E-state index in [1.807, 2.05) is 84.9 Å². The van der Waals surface area contributed by atoms with Gasteiger partial charge in [-0.25, -0.2) is 18.0 Å². The van der Waals surface area contributed by atoms with E-state index in [-0.39, 0.29) is 24.8 Å². The van der Waals surface area contributed by atoms with E-state index in [1.54, 1.807) is 42.5 Å². The Balaban J connectivity index is 1.46. The first-order chi connectivity index (χ1) is 26.0. The fourth-order valence-electron chi connectivity index (χ4n) is 5.89. The number of aliphatic hydroxyl groups excluding tert-OH is 1. The standard InChI is InChI=1S/C41H44N4O8S/c1-51-40(47)42-34-19-14-31(15-20-34)36(32-16-21-35(22-17-32)43-41(48)52-2)26-45(25-29-10-6-4-7-11-29)27-38(46)33-18-23-39(37(24-33)44-54(3,49)50)53-28-30-12-8-5-9-13-30/h4-24,36,38,44,46H,25-28H2,1-3H3,(H,42,47)(H,43,48)/t38-/m0/s1. The molecule has 2 amide bonds. The molecule has 0 spiro atoms. The molecular weight excluding hydrogens is 709 g/mol. The van der Waals surface area contributed by atoms with E-state index >= 15 is 0 Å². The summed E-state index contributed by atoms with van der Waals surface area (Å²) in [5.74, 6) is 0.105. The van der Waals surface area contributed by atoms with Crippen LogP contribution in [0.4, 0.5) is 26.7 Å². The second-order valence-electron chi connectivity index (χ2n) is 12.6. The third-order valence-corrected chi connectivity index (χ3v) is 9.12. The van der Waals surface area contributed by atoms with E-state index in [0.29, 0.717) is 35.8 Å². The Hall–Kier alpha value is -5.89. The maximum atomic E-state index is 12.4. The van der Waals surface area contributed by atoms with Gasteiger partial charge in [0.25, 0.3) is 0 Å². The molecule has 0 fully saturated rings. The molecule has 0 saturated carbocycles. The molecule has 1 atom stereocenters. The molecule has 12 nitrogen and oxygen atoms in total. The minimum atomic E-state index is -3.67. The minimum Gasteiger partial charge on any atom is -0.487 e. The zero-order valence-electron chi connectivity index (χ0n) is 30.3. The second kappa shape index (κ2) is 18.7. The molecule has 0 bridgehead atoms. The lowest BCUT2D eigenvalue weighted by molar-refractivity contribution is 0.107. The van der Waals surface area contributed by atoms with Gasteiger partial charge in [0.05, 0.1) is 32.3 Å². The van der Waals surface area contributed by atoms with Gasteiger partial charge in [-0.05, 0) is 64.2 Å². The summed E-state index contributed by atoms with van der Waals surface area (Å²) in [6.07, 6.45) is -1.12. The highest BCUT2D eigenvalue weighted by atomic mass is 32.2. The first-order valence-electron chi connectivity index (χ1n) is 17.1. The number of nitrogens with one attached hydrogen (secondary N) is 3. The Morgan fingerprint density at radius 1 is 0.685 bits per heavy atom. The van der Waals surface area contributed by atoms with Crippen molar-refractivity contribution in [1.29, 1.82) is 0 Å². The van der Waals surface area contributed by atoms with Crippen LogP contribution in [-0.4, -0.2) is 64.2 Å². The lowest BCUT2D eigenvalue weighted by atomic mass is 9.90. The average Bonchev–Trinajstić information content (AvgIpc) is 3.17. The number of benzene rings is 5. The Morgan fingerprint density at radius 3 is 1.69 bits per heavy atom. The van der Waals surface area contributed by atoms with Gasteiger partial charge >= 0.3 is 12.2 Å². The highest BCUT2D eigenvalue weighted by Gasteiger charge is 2.23. The molecule has 0 unspecified atom stereocenters. The Labute approximate surface area is 315 Å². The zero-order valence-corrected chi connectivity index (χ0v) is 31.1. The highest BCUT2D eigenvalue weighted by Crippen LogP contribution is 2.33. The molecular formula is C41H44N4O8S. The molecule has 0 aliphatic heterocycles. The second-order valence-corrected chi connectivity index (χ2v) is 14.4. The molecule has 5 aromatic carbocycles. The van der Waals surface area contributed by atoms with Crippen molar-refractivity contribution in [3.05, 3.63) is 155 Å². The fourth-order valence-corrected chi connectivity index (χ4v) is 6.45. The summed E-state index contributed by atoms with van der Waals surface area (Å²) in [4.78, 5) is 25.8. The first kappa shape index (κ1) is 39.3. The SMILES string of the molecule is COC(=O)Nc1ccc(C(CN(Cc2ccccc2)C[C@H](O)c2ccc(OCc3ccccc3)c(NS(C)(=O)=O)c2)c2ccc(NC(=O)OC)cc2)cc1. The van der Waals surface area contributed by atoms with Crippen molar-refractivity contribution in [2.45, 2.75) is 25.2 Å². The number of sulfonamides is 1. The number of carbonyl (C=O) groups excluding carboxylic acids is 2. The number of amides is 2. The Kier molecular flexibility index (Phi) is 13.6. The van der Waals surface area contributed by atoms with Gasteiger partial charge in [0.2, 0.25) is 10.0 Å². The van der Waals surface area contributed by atoms with Crippen molar-refractivity contribution < 1.29 is 37.3 Å². The van der Waals surface area contributed by atoms with Crippen molar-refractivity contribution in [3.63, 3.8) is 0 Å². The molecule has 0 heterocycles. The van der Waals surface area contributed by atoms with E-state index < -0.39 is 28.3 Å². The van der Waals surface area contributed by atoms with Crippen LogP contribution in [0.15, 0.2) is 127 Å². The molecule has 282 valence electrons. The topological polar surface area (TPSA) is 156 Å². The van der Waals surface area contributed by atoms with Crippen LogP contribution < -0.4 is 20.1 Å². The number of hydrogen-bond acceptors (Lipinski definition) is 9. The van der Waals surface area contributed by atoms with E-state index in [9.17, 15) is 23.1 Å². The molecule has 0 aliphatic rings. The maximum absolute atomic E-state index is 12.4. The summed E-state index contributed by atoms with van der Waals surface area (Å²) in [6, 6.07) is 39.3. The molecule has 13 heteroatoms. The minimum absolute atomic E-state index is 0.192. The number of rotatable bonds is 16. The van der Waals surface area contributed by atoms with Gasteiger partial charge in [-0.3, -0.25) is 20.3 Å². The molecule has 0 radical (unpaired) electrons. The van der Waals surface area contributed by atoms with Gasteiger partial charge in [-0.15, -0.1) is 0 Å². The van der Waals surface area contributed by atoms with Crippen molar-refractivity contribution >= 4 is 39.3 Å². The van der Waals surface area contributed by atoms with Gasteiger partial charge in [-0.1, -0.05) is 91.0 Å². The summed E-state index contributed by atoms with van der Waals surface area (Å²) in [5.41, 5.74) is 5.67. The van der Waals surface area contributed by atoms with Crippen LogP contribution in [-0.2, 0) is 32.6 Å². The third kappa shape index (κ3) is 11.8. The van der Waals surface area contributed by atoms with E-state index in [2.05, 4.69) is 20.3 Å². The number of hydrogen-bond donors (Lipinski definition) is 4. The summed E-state index contributed by atoms with van der Waals surface area (Å²) < 4.78 is 42.8. The average molecular weight is 753 g/mol. The normalized spacial score (nSPS) is 11.8. The van der Waals surface area contributed by atoms with Crippen LogP contribution in [0.3, 0.4) is 0 Å². The van der Waals surface area contributed by atoms with Crippen molar-refractivity contribution in [3.8, 4) is 5.75 Å². The van der Waals surface area contributed by atoms with Crippen molar-refractivity contribution in [2.75, 3.05) is 48.9 Å². The predicted molar refractivity (Wildman–Crippen MR) is 209 cm³/mol. The molecule has 5 rings (SSSR count). The number of ether oxygens (including phenoxy) is 3. The van der Waals surface area contributed by atoms with Crippen LogP contribution >= 0.6 is 0 Å². The van der Waals surface area contributed by atoms with E-state index in [1.165, 1.54) is 14.2 Å². The van der Waals surface area contributed by atoms with Crippen LogP contribution in [0.2, 0.25) is 0 Å². The Morgan fingerprint density at radius 2 is 1.19 bits per heavy atom. The van der Waals surface area contributed by atoms with Gasteiger partial charge in [0, 0.05) is 36.9 Å². The molecule has 54 heavy (non-hydrogen) atoms. The quantitative estimate of drug-likeness (QED) is 0.0809. The van der Waals surface area contributed by atoms with Gasteiger partial charge in [0.15, 0.2) is 0 Å². The van der Waals surface area contributed by atoms with Gasteiger partial charge < -0.3 is 19.3 Å². The number of aliphatic hydroxyl groups is 1. The number of anilines is 3. The monoisotopic (exact) mass is 752 g/mol. The van der Waals surface area contributed by atoms with Crippen LogP contribution in [0.5, 0.6) is 5.75 Å². The third-order valence-electron chi connectivity index (χ3n) is 8.53. The number of carbonyl (C=O) groups is 2. The molecule has 0 aromatic heterocycles. The predicted octanol–water partition coefficient (Wildman–Crippen LogP) is 7.36. The first-order valence-corrected chi connectivity index (χ1v) is 19.0. The molecule has 5 aromatic rings. The molecule has 0 aliphatic carbocycles. The van der Waals surface area contributed by atoms with Crippen LogP contribution in [0.25, 0.3) is 0 Å². The van der Waals surface area contributed by atoms with E-state index in [4.69, 9.17) is 14.2 Å². The van der Waals surface area contributed by atoms with Crippen molar-refractivity contribution in [1.82, 2.24) is 4.90 Å². The number of nitrogens with zero attached hydrogens (tertiary/aromatic N) is 1. The summed E-state index contributed by atoms with van der Waals surface area (Å²) >= 11 is 0. The maximum Gasteiger partial charge on any atom is 0.411 e. The van der Waals surface area contributed by atoms with Gasteiger partial charge in [-0.2, -0.15) is 0 Å². The van der Waals surface area contributed by atoms with E-state index in [0.717, 1.165) is 28.5 Å².